The Morgan fingerprint density at radius 2 is 2.25 bits per heavy atom. The average molecular weight is 219 g/mol. The molecule has 1 aromatic carbocycles. The van der Waals surface area contributed by atoms with Gasteiger partial charge in [0.1, 0.15) is 5.75 Å². The first-order valence-electron chi connectivity index (χ1n) is 5.85. The van der Waals surface area contributed by atoms with Crippen molar-refractivity contribution in [2.45, 2.75) is 25.5 Å². The molecule has 0 radical (unpaired) electrons. The van der Waals surface area contributed by atoms with Gasteiger partial charge in [-0.15, -0.1) is 0 Å². The lowest BCUT2D eigenvalue weighted by atomic mass is 9.99. The molecule has 0 aromatic heterocycles. The Morgan fingerprint density at radius 1 is 1.38 bits per heavy atom. The third-order valence-electron chi connectivity index (χ3n) is 3.27. The highest BCUT2D eigenvalue weighted by Crippen LogP contribution is 2.30. The zero-order chi connectivity index (χ0) is 11.0. The molecule has 0 unspecified atom stereocenters. The van der Waals surface area contributed by atoms with E-state index in [9.17, 15) is 0 Å². The zero-order valence-electron chi connectivity index (χ0n) is 9.58. The topological polar surface area (TPSA) is 30.5 Å². The molecule has 0 spiro atoms. The molecule has 2 heterocycles. The van der Waals surface area contributed by atoms with Crippen molar-refractivity contribution in [2.75, 3.05) is 19.8 Å². The van der Waals surface area contributed by atoms with Crippen molar-refractivity contribution < 1.29 is 9.47 Å². The molecule has 0 atom stereocenters. The number of benzene rings is 1. The van der Waals surface area contributed by atoms with Gasteiger partial charge in [0.15, 0.2) is 5.60 Å². The van der Waals surface area contributed by atoms with Crippen molar-refractivity contribution in [3.63, 3.8) is 0 Å². The largest absolute Gasteiger partial charge is 0.482 e. The van der Waals surface area contributed by atoms with Gasteiger partial charge in [-0.05, 0) is 31.5 Å². The quantitative estimate of drug-likeness (QED) is 0.817. The molecule has 0 saturated carbocycles. The molecule has 0 bridgehead atoms. The minimum absolute atomic E-state index is 0.118. The average Bonchev–Trinajstić information content (AvgIpc) is 2.27. The second-order valence-electron chi connectivity index (χ2n) is 4.87. The van der Waals surface area contributed by atoms with Crippen molar-refractivity contribution in [3.8, 4) is 5.75 Å². The van der Waals surface area contributed by atoms with Gasteiger partial charge in [-0.25, -0.2) is 0 Å². The summed E-state index contributed by atoms with van der Waals surface area (Å²) in [6.45, 7) is 5.49. The van der Waals surface area contributed by atoms with E-state index < -0.39 is 0 Å². The maximum absolute atomic E-state index is 6.07. The molecule has 1 fully saturated rings. The van der Waals surface area contributed by atoms with E-state index in [0.29, 0.717) is 13.2 Å². The fourth-order valence-corrected chi connectivity index (χ4v) is 2.29. The number of nitrogens with one attached hydrogen (secondary N) is 1. The Hall–Kier alpha value is -1.06. The Bertz CT molecular complexity index is 399. The normalized spacial score (nSPS) is 22.1. The highest BCUT2D eigenvalue weighted by molar-refractivity contribution is 5.42. The molecule has 2 aliphatic heterocycles. The number of rotatable bonds is 2. The van der Waals surface area contributed by atoms with Crippen molar-refractivity contribution in [1.29, 1.82) is 0 Å². The molecule has 16 heavy (non-hydrogen) atoms. The van der Waals surface area contributed by atoms with Crippen LogP contribution in [-0.4, -0.2) is 25.4 Å². The Morgan fingerprint density at radius 3 is 3.00 bits per heavy atom. The monoisotopic (exact) mass is 219 g/mol. The molecule has 3 heteroatoms. The third-order valence-corrected chi connectivity index (χ3v) is 3.27. The van der Waals surface area contributed by atoms with Crippen molar-refractivity contribution in [2.24, 2.45) is 0 Å². The van der Waals surface area contributed by atoms with Crippen LogP contribution in [0.1, 0.15) is 18.1 Å². The zero-order valence-corrected chi connectivity index (χ0v) is 9.58. The van der Waals surface area contributed by atoms with Crippen LogP contribution in [-0.2, 0) is 17.7 Å². The summed E-state index contributed by atoms with van der Waals surface area (Å²) >= 11 is 0. The molecular weight excluding hydrogens is 202 g/mol. The molecule has 1 N–H and O–H groups in total. The molecule has 0 amide bonds. The van der Waals surface area contributed by atoms with E-state index in [4.69, 9.17) is 9.47 Å². The number of fused-ring (bicyclic) bond motifs is 1. The maximum atomic E-state index is 6.07. The minimum Gasteiger partial charge on any atom is -0.482 e. The first kappa shape index (κ1) is 10.1. The van der Waals surface area contributed by atoms with Crippen LogP contribution in [0, 0.1) is 0 Å². The summed E-state index contributed by atoms with van der Waals surface area (Å²) in [6, 6.07) is 6.35. The van der Waals surface area contributed by atoms with E-state index in [1.54, 1.807) is 0 Å². The Labute approximate surface area is 95.8 Å². The maximum Gasteiger partial charge on any atom is 0.152 e. The SMILES string of the molecule is CC1(Oc2cccc3c2CNCC3)COC1. The van der Waals surface area contributed by atoms with Crippen LogP contribution in [0.25, 0.3) is 0 Å². The molecule has 3 nitrogen and oxygen atoms in total. The lowest BCUT2D eigenvalue weighted by molar-refractivity contribution is -0.150. The summed E-state index contributed by atoms with van der Waals surface area (Å²) in [5.41, 5.74) is 2.62. The van der Waals surface area contributed by atoms with Crippen LogP contribution in [0.5, 0.6) is 5.75 Å². The van der Waals surface area contributed by atoms with E-state index in [-0.39, 0.29) is 5.60 Å². The van der Waals surface area contributed by atoms with Crippen LogP contribution >= 0.6 is 0 Å². The number of hydrogen-bond donors (Lipinski definition) is 1. The summed E-state index contributed by atoms with van der Waals surface area (Å²) in [7, 11) is 0. The second-order valence-corrected chi connectivity index (χ2v) is 4.87. The van der Waals surface area contributed by atoms with Crippen LogP contribution in [0.3, 0.4) is 0 Å². The predicted octanol–water partition coefficient (Wildman–Crippen LogP) is 1.50. The molecule has 2 aliphatic rings. The van der Waals surface area contributed by atoms with Gasteiger partial charge in [0.25, 0.3) is 0 Å². The lowest BCUT2D eigenvalue weighted by Crippen LogP contribution is -2.51. The van der Waals surface area contributed by atoms with Crippen molar-refractivity contribution in [3.05, 3.63) is 29.3 Å². The van der Waals surface area contributed by atoms with E-state index in [1.165, 1.54) is 11.1 Å². The minimum atomic E-state index is -0.118. The molecule has 0 aliphatic carbocycles. The Kier molecular flexibility index (Phi) is 2.37. The Balaban J connectivity index is 1.88. The first-order chi connectivity index (χ1) is 7.77. The predicted molar refractivity (Wildman–Crippen MR) is 61.7 cm³/mol. The fraction of sp³-hybridized carbons (Fsp3) is 0.538. The van der Waals surface area contributed by atoms with Gasteiger partial charge in [-0.2, -0.15) is 0 Å². The summed E-state index contributed by atoms with van der Waals surface area (Å²) in [6.07, 6.45) is 1.10. The van der Waals surface area contributed by atoms with Crippen LogP contribution < -0.4 is 10.1 Å². The lowest BCUT2D eigenvalue weighted by Gasteiger charge is -2.39. The van der Waals surface area contributed by atoms with Crippen molar-refractivity contribution in [1.82, 2.24) is 5.32 Å². The molecule has 1 saturated heterocycles. The van der Waals surface area contributed by atoms with Gasteiger partial charge < -0.3 is 14.8 Å². The third kappa shape index (κ3) is 1.70. The van der Waals surface area contributed by atoms with Gasteiger partial charge in [-0.1, -0.05) is 12.1 Å². The standard InChI is InChI=1S/C13H17NO2/c1-13(8-15-9-13)16-12-4-2-3-10-5-6-14-7-11(10)12/h2-4,14H,5-9H2,1H3. The molecule has 86 valence electrons. The summed E-state index contributed by atoms with van der Waals surface area (Å²) < 4.78 is 11.3. The highest BCUT2D eigenvalue weighted by atomic mass is 16.6. The van der Waals surface area contributed by atoms with Gasteiger partial charge in [0, 0.05) is 12.1 Å². The van der Waals surface area contributed by atoms with Crippen LogP contribution in [0.15, 0.2) is 18.2 Å². The number of ether oxygens (including phenoxy) is 2. The van der Waals surface area contributed by atoms with E-state index in [1.807, 2.05) is 0 Å². The molecule has 1 aromatic rings. The fourth-order valence-electron chi connectivity index (χ4n) is 2.29. The van der Waals surface area contributed by atoms with E-state index >= 15 is 0 Å². The van der Waals surface area contributed by atoms with E-state index in [0.717, 1.165) is 25.3 Å². The second kappa shape index (κ2) is 3.75. The summed E-state index contributed by atoms with van der Waals surface area (Å²) in [5, 5.41) is 3.39. The van der Waals surface area contributed by atoms with E-state index in [2.05, 4.69) is 30.4 Å². The molecular formula is C13H17NO2. The van der Waals surface area contributed by atoms with Gasteiger partial charge in [-0.3, -0.25) is 0 Å². The summed E-state index contributed by atoms with van der Waals surface area (Å²) in [4.78, 5) is 0. The van der Waals surface area contributed by atoms with Gasteiger partial charge >= 0.3 is 0 Å². The van der Waals surface area contributed by atoms with Gasteiger partial charge in [0.05, 0.1) is 13.2 Å². The summed E-state index contributed by atoms with van der Waals surface area (Å²) in [5.74, 6) is 1.02. The van der Waals surface area contributed by atoms with Crippen molar-refractivity contribution >= 4 is 0 Å². The smallest absolute Gasteiger partial charge is 0.152 e. The van der Waals surface area contributed by atoms with Gasteiger partial charge in [0.2, 0.25) is 0 Å². The molecule has 3 rings (SSSR count). The van der Waals surface area contributed by atoms with Crippen LogP contribution in [0.4, 0.5) is 0 Å². The first-order valence-corrected chi connectivity index (χ1v) is 5.85. The highest BCUT2D eigenvalue weighted by Gasteiger charge is 2.36. The van der Waals surface area contributed by atoms with Crippen LogP contribution in [0.2, 0.25) is 0 Å². The number of hydrogen-bond acceptors (Lipinski definition) is 3.